The van der Waals surface area contributed by atoms with E-state index in [9.17, 15) is 9.50 Å². The molecule has 0 heterocycles. The van der Waals surface area contributed by atoms with Gasteiger partial charge >= 0.3 is 0 Å². The molecule has 0 bridgehead atoms. The zero-order valence-electron chi connectivity index (χ0n) is 9.00. The van der Waals surface area contributed by atoms with Gasteiger partial charge < -0.3 is 5.11 Å². The molecule has 0 saturated heterocycles. The third-order valence-corrected chi connectivity index (χ3v) is 3.12. The average Bonchev–Trinajstić information content (AvgIpc) is 2.23. The third-order valence-electron chi connectivity index (χ3n) is 2.77. The summed E-state index contributed by atoms with van der Waals surface area (Å²) in [6.07, 6.45) is 1.03. The molecule has 1 rings (SSSR count). The zero-order valence-corrected chi connectivity index (χ0v) is 9.76. The second-order valence-electron chi connectivity index (χ2n) is 3.69. The lowest BCUT2D eigenvalue weighted by Gasteiger charge is -2.21. The van der Waals surface area contributed by atoms with Gasteiger partial charge in [-0.25, -0.2) is 4.39 Å². The summed E-state index contributed by atoms with van der Waals surface area (Å²) in [5.74, 6) is -0.233. The van der Waals surface area contributed by atoms with Crippen LogP contribution in [0.4, 0.5) is 4.39 Å². The summed E-state index contributed by atoms with van der Waals surface area (Å²) in [6, 6.07) is 4.09. The highest BCUT2D eigenvalue weighted by molar-refractivity contribution is 6.31. The van der Waals surface area contributed by atoms with Crippen LogP contribution in [-0.2, 0) is 0 Å². The van der Waals surface area contributed by atoms with Gasteiger partial charge in [-0.3, -0.25) is 0 Å². The van der Waals surface area contributed by atoms with E-state index in [0.717, 1.165) is 12.8 Å². The number of aliphatic hydroxyl groups excluding tert-OH is 1. The summed E-state index contributed by atoms with van der Waals surface area (Å²) >= 11 is 5.92. The van der Waals surface area contributed by atoms with Gasteiger partial charge in [0.15, 0.2) is 0 Å². The van der Waals surface area contributed by atoms with Gasteiger partial charge in [0.05, 0.1) is 6.10 Å². The predicted molar refractivity (Wildman–Crippen MR) is 60.4 cm³/mol. The Kier molecular flexibility index (Phi) is 4.55. The molecule has 0 fully saturated rings. The maximum absolute atomic E-state index is 13.0. The highest BCUT2D eigenvalue weighted by atomic mass is 35.5. The summed E-state index contributed by atoms with van der Waals surface area (Å²) < 4.78 is 13.0. The van der Waals surface area contributed by atoms with Crippen molar-refractivity contribution in [3.05, 3.63) is 34.6 Å². The quantitative estimate of drug-likeness (QED) is 0.831. The first-order valence-corrected chi connectivity index (χ1v) is 5.60. The molecule has 0 aliphatic carbocycles. The highest BCUT2D eigenvalue weighted by Crippen LogP contribution is 2.32. The minimum Gasteiger partial charge on any atom is -0.388 e. The Morgan fingerprint density at radius 2 is 1.93 bits per heavy atom. The fraction of sp³-hybridized carbons (Fsp3) is 0.500. The molecule has 0 aromatic heterocycles. The van der Waals surface area contributed by atoms with E-state index in [0.29, 0.717) is 10.6 Å². The van der Waals surface area contributed by atoms with Crippen molar-refractivity contribution in [1.82, 2.24) is 0 Å². The van der Waals surface area contributed by atoms with Crippen LogP contribution in [0.25, 0.3) is 0 Å². The average molecular weight is 231 g/mol. The Morgan fingerprint density at radius 1 is 1.33 bits per heavy atom. The molecule has 1 atom stereocenters. The number of benzene rings is 1. The molecule has 1 nitrogen and oxygen atoms in total. The van der Waals surface area contributed by atoms with Crippen molar-refractivity contribution in [2.45, 2.75) is 32.8 Å². The molecule has 1 aromatic rings. The van der Waals surface area contributed by atoms with Gasteiger partial charge in [0.25, 0.3) is 0 Å². The lowest BCUT2D eigenvalue weighted by molar-refractivity contribution is 0.103. The fourth-order valence-electron chi connectivity index (χ4n) is 1.73. The van der Waals surface area contributed by atoms with Crippen molar-refractivity contribution in [3.8, 4) is 0 Å². The number of rotatable bonds is 4. The van der Waals surface area contributed by atoms with Gasteiger partial charge in [-0.2, -0.15) is 0 Å². The van der Waals surface area contributed by atoms with Crippen LogP contribution in [-0.4, -0.2) is 5.11 Å². The highest BCUT2D eigenvalue weighted by Gasteiger charge is 2.20. The Balaban J connectivity index is 2.98. The monoisotopic (exact) mass is 230 g/mol. The van der Waals surface area contributed by atoms with Crippen LogP contribution < -0.4 is 0 Å². The first-order valence-electron chi connectivity index (χ1n) is 5.23. The molecule has 0 aliphatic rings. The van der Waals surface area contributed by atoms with E-state index in [-0.39, 0.29) is 11.7 Å². The largest absolute Gasteiger partial charge is 0.388 e. The smallest absolute Gasteiger partial charge is 0.123 e. The first-order chi connectivity index (χ1) is 7.10. The molecule has 3 heteroatoms. The van der Waals surface area contributed by atoms with Crippen molar-refractivity contribution in [3.63, 3.8) is 0 Å². The van der Waals surface area contributed by atoms with Gasteiger partial charge in [0.2, 0.25) is 0 Å². The van der Waals surface area contributed by atoms with Gasteiger partial charge in [-0.05, 0) is 24.1 Å². The Morgan fingerprint density at radius 3 is 2.47 bits per heavy atom. The molecular formula is C12H16ClFO. The van der Waals surface area contributed by atoms with Crippen molar-refractivity contribution < 1.29 is 9.50 Å². The molecule has 0 saturated carbocycles. The maximum Gasteiger partial charge on any atom is 0.123 e. The molecule has 1 unspecified atom stereocenters. The lowest BCUT2D eigenvalue weighted by Crippen LogP contribution is -2.11. The van der Waals surface area contributed by atoms with Crippen LogP contribution in [0.5, 0.6) is 0 Å². The maximum atomic E-state index is 13.0. The van der Waals surface area contributed by atoms with Crippen molar-refractivity contribution in [1.29, 1.82) is 0 Å². The van der Waals surface area contributed by atoms with Crippen molar-refractivity contribution in [2.75, 3.05) is 0 Å². The summed E-state index contributed by atoms with van der Waals surface area (Å²) in [4.78, 5) is 0. The van der Waals surface area contributed by atoms with E-state index < -0.39 is 6.10 Å². The van der Waals surface area contributed by atoms with E-state index in [1.165, 1.54) is 18.2 Å². The molecule has 15 heavy (non-hydrogen) atoms. The molecular weight excluding hydrogens is 215 g/mol. The Bertz CT molecular complexity index is 323. The third kappa shape index (κ3) is 2.93. The second-order valence-corrected chi connectivity index (χ2v) is 4.09. The fourth-order valence-corrected chi connectivity index (χ4v) is 1.96. The topological polar surface area (TPSA) is 20.2 Å². The van der Waals surface area contributed by atoms with Gasteiger partial charge in [0.1, 0.15) is 5.82 Å². The van der Waals surface area contributed by atoms with E-state index >= 15 is 0 Å². The summed E-state index contributed by atoms with van der Waals surface area (Å²) in [5.41, 5.74) is 0.491. The minimum atomic E-state index is -0.678. The van der Waals surface area contributed by atoms with Crippen molar-refractivity contribution >= 4 is 11.6 Å². The van der Waals surface area contributed by atoms with E-state index in [2.05, 4.69) is 0 Å². The molecule has 84 valence electrons. The van der Waals surface area contributed by atoms with Gasteiger partial charge in [-0.1, -0.05) is 38.3 Å². The van der Waals surface area contributed by atoms with Crippen LogP contribution >= 0.6 is 11.6 Å². The Hall–Kier alpha value is -0.600. The first kappa shape index (κ1) is 12.5. The zero-order chi connectivity index (χ0) is 11.4. The van der Waals surface area contributed by atoms with Crippen molar-refractivity contribution in [2.24, 2.45) is 5.92 Å². The van der Waals surface area contributed by atoms with E-state index in [4.69, 9.17) is 11.6 Å². The van der Waals surface area contributed by atoms with Crippen LogP contribution in [0.1, 0.15) is 38.4 Å². The standard InChI is InChI=1S/C12H16ClFO/c1-3-8(4-2)12(15)10-7-9(14)5-6-11(10)13/h5-8,12,15H,3-4H2,1-2H3. The molecule has 0 radical (unpaired) electrons. The molecule has 0 aliphatic heterocycles. The second kappa shape index (κ2) is 5.47. The molecule has 0 amide bonds. The lowest BCUT2D eigenvalue weighted by atomic mass is 9.91. The SMILES string of the molecule is CCC(CC)C(O)c1cc(F)ccc1Cl. The molecule has 1 N–H and O–H groups in total. The van der Waals surface area contributed by atoms with Crippen LogP contribution in [0, 0.1) is 11.7 Å². The summed E-state index contributed by atoms with van der Waals surface area (Å²) in [6.45, 7) is 4.01. The summed E-state index contributed by atoms with van der Waals surface area (Å²) in [7, 11) is 0. The van der Waals surface area contributed by atoms with Crippen LogP contribution in [0.2, 0.25) is 5.02 Å². The molecule has 0 spiro atoms. The normalized spacial score (nSPS) is 13.2. The predicted octanol–water partition coefficient (Wildman–Crippen LogP) is 3.95. The van der Waals surface area contributed by atoms with Crippen LogP contribution in [0.3, 0.4) is 0 Å². The van der Waals surface area contributed by atoms with Gasteiger partial charge in [-0.15, -0.1) is 0 Å². The number of aliphatic hydroxyl groups is 1. The number of hydrogen-bond donors (Lipinski definition) is 1. The number of halogens is 2. The van der Waals surface area contributed by atoms with E-state index in [1.807, 2.05) is 13.8 Å². The van der Waals surface area contributed by atoms with Gasteiger partial charge in [0, 0.05) is 10.6 Å². The molecule has 1 aromatic carbocycles. The van der Waals surface area contributed by atoms with E-state index in [1.54, 1.807) is 0 Å². The Labute approximate surface area is 94.9 Å². The minimum absolute atomic E-state index is 0.129. The van der Waals surface area contributed by atoms with Crippen LogP contribution in [0.15, 0.2) is 18.2 Å². The number of hydrogen-bond acceptors (Lipinski definition) is 1. The summed E-state index contributed by atoms with van der Waals surface area (Å²) in [5, 5.41) is 10.5.